The Morgan fingerprint density at radius 1 is 1.28 bits per heavy atom. The number of hydrogen-bond donors (Lipinski definition) is 1. The molecule has 2 unspecified atom stereocenters. The SMILES string of the molecule is CCC(C)NS(=O)(=O)c1ccc(C(=O)OC(C)c2nc(C)no2)cc1. The molecule has 0 aliphatic carbocycles. The number of carbonyl (C=O) groups excluding carboxylic acids is 1. The van der Waals surface area contributed by atoms with E-state index in [1.54, 1.807) is 20.8 Å². The molecule has 1 heterocycles. The van der Waals surface area contributed by atoms with Crippen LogP contribution >= 0.6 is 0 Å². The molecule has 2 atom stereocenters. The highest BCUT2D eigenvalue weighted by Crippen LogP contribution is 2.18. The highest BCUT2D eigenvalue weighted by Gasteiger charge is 2.20. The molecule has 0 saturated carbocycles. The number of benzene rings is 1. The van der Waals surface area contributed by atoms with E-state index >= 15 is 0 Å². The van der Waals surface area contributed by atoms with Crippen LogP contribution in [0.2, 0.25) is 0 Å². The van der Waals surface area contributed by atoms with Crippen LogP contribution in [0.3, 0.4) is 0 Å². The third-order valence-electron chi connectivity index (χ3n) is 3.54. The monoisotopic (exact) mass is 367 g/mol. The zero-order valence-corrected chi connectivity index (χ0v) is 15.3. The van der Waals surface area contributed by atoms with Crippen molar-refractivity contribution in [3.8, 4) is 0 Å². The highest BCUT2D eigenvalue weighted by molar-refractivity contribution is 7.89. The van der Waals surface area contributed by atoms with Crippen molar-refractivity contribution >= 4 is 16.0 Å². The zero-order valence-electron chi connectivity index (χ0n) is 14.5. The number of esters is 1. The van der Waals surface area contributed by atoms with E-state index in [0.29, 0.717) is 12.2 Å². The third kappa shape index (κ3) is 4.86. The maximum atomic E-state index is 12.2. The lowest BCUT2D eigenvalue weighted by molar-refractivity contribution is 0.0265. The van der Waals surface area contributed by atoms with Gasteiger partial charge in [-0.05, 0) is 51.5 Å². The predicted octanol–water partition coefficient (Wildman–Crippen LogP) is 2.37. The Balaban J connectivity index is 2.07. The van der Waals surface area contributed by atoms with Gasteiger partial charge in [0.2, 0.25) is 10.0 Å². The van der Waals surface area contributed by atoms with Crippen molar-refractivity contribution in [3.05, 3.63) is 41.5 Å². The van der Waals surface area contributed by atoms with E-state index in [9.17, 15) is 13.2 Å². The van der Waals surface area contributed by atoms with E-state index in [0.717, 1.165) is 0 Å². The summed E-state index contributed by atoms with van der Waals surface area (Å²) in [5.74, 6) is 0.0336. The van der Waals surface area contributed by atoms with Crippen LogP contribution in [0.5, 0.6) is 0 Å². The molecule has 136 valence electrons. The van der Waals surface area contributed by atoms with Crippen molar-refractivity contribution in [3.63, 3.8) is 0 Å². The molecule has 2 aromatic rings. The molecule has 25 heavy (non-hydrogen) atoms. The molecule has 0 aliphatic rings. The van der Waals surface area contributed by atoms with Gasteiger partial charge in [0, 0.05) is 6.04 Å². The molecule has 1 N–H and O–H groups in total. The first-order chi connectivity index (χ1) is 11.7. The van der Waals surface area contributed by atoms with Crippen LogP contribution in [0.25, 0.3) is 0 Å². The van der Waals surface area contributed by atoms with E-state index < -0.39 is 22.1 Å². The number of sulfonamides is 1. The molecule has 0 bridgehead atoms. The Morgan fingerprint density at radius 3 is 2.44 bits per heavy atom. The van der Waals surface area contributed by atoms with Gasteiger partial charge < -0.3 is 9.26 Å². The second kappa shape index (κ2) is 7.75. The average molecular weight is 367 g/mol. The molecule has 9 heteroatoms. The summed E-state index contributed by atoms with van der Waals surface area (Å²) in [4.78, 5) is 16.2. The molecule has 8 nitrogen and oxygen atoms in total. The van der Waals surface area contributed by atoms with Crippen molar-refractivity contribution in [2.24, 2.45) is 0 Å². The fourth-order valence-corrected chi connectivity index (χ4v) is 3.27. The Hall–Kier alpha value is -2.26. The number of carbonyl (C=O) groups is 1. The third-order valence-corrected chi connectivity index (χ3v) is 5.15. The first kappa shape index (κ1) is 19.1. The van der Waals surface area contributed by atoms with Gasteiger partial charge in [0.05, 0.1) is 10.5 Å². The molecular formula is C16H21N3O5S. The minimum atomic E-state index is -3.61. The molecule has 0 saturated heterocycles. The lowest BCUT2D eigenvalue weighted by Crippen LogP contribution is -2.32. The van der Waals surface area contributed by atoms with Crippen molar-refractivity contribution in [2.75, 3.05) is 0 Å². The summed E-state index contributed by atoms with van der Waals surface area (Å²) in [7, 11) is -3.61. The molecule has 1 aromatic heterocycles. The summed E-state index contributed by atoms with van der Waals surface area (Å²) in [5, 5.41) is 3.64. The summed E-state index contributed by atoms with van der Waals surface area (Å²) in [6.45, 7) is 6.94. The second-order valence-electron chi connectivity index (χ2n) is 5.68. The minimum absolute atomic E-state index is 0.0879. The largest absolute Gasteiger partial charge is 0.449 e. The quantitative estimate of drug-likeness (QED) is 0.748. The van der Waals surface area contributed by atoms with Crippen molar-refractivity contribution in [2.45, 2.75) is 51.2 Å². The fourth-order valence-electron chi connectivity index (χ4n) is 1.94. The van der Waals surface area contributed by atoms with Gasteiger partial charge >= 0.3 is 5.97 Å². The molecule has 0 spiro atoms. The fraction of sp³-hybridized carbons (Fsp3) is 0.438. The molecule has 0 fully saturated rings. The van der Waals surface area contributed by atoms with Crippen LogP contribution in [-0.4, -0.2) is 30.6 Å². The normalized spacial score (nSPS) is 14.1. The van der Waals surface area contributed by atoms with Crippen LogP contribution in [-0.2, 0) is 14.8 Å². The summed E-state index contributed by atoms with van der Waals surface area (Å²) in [6.07, 6.45) is -0.0272. The lowest BCUT2D eigenvalue weighted by atomic mass is 10.2. The maximum Gasteiger partial charge on any atom is 0.338 e. The zero-order chi connectivity index (χ0) is 18.6. The van der Waals surface area contributed by atoms with Gasteiger partial charge in [-0.3, -0.25) is 0 Å². The van der Waals surface area contributed by atoms with Gasteiger partial charge in [-0.15, -0.1) is 0 Å². The van der Waals surface area contributed by atoms with Crippen molar-refractivity contribution in [1.82, 2.24) is 14.9 Å². The van der Waals surface area contributed by atoms with Crippen molar-refractivity contribution in [1.29, 1.82) is 0 Å². The number of nitrogens with one attached hydrogen (secondary N) is 1. The van der Waals surface area contributed by atoms with Gasteiger partial charge in [-0.2, -0.15) is 4.98 Å². The molecular weight excluding hydrogens is 346 g/mol. The van der Waals surface area contributed by atoms with Gasteiger partial charge in [0.25, 0.3) is 5.89 Å². The van der Waals surface area contributed by atoms with Gasteiger partial charge in [0.1, 0.15) is 0 Å². The van der Waals surface area contributed by atoms with Crippen LogP contribution < -0.4 is 4.72 Å². The number of hydrogen-bond acceptors (Lipinski definition) is 7. The molecule has 2 rings (SSSR count). The van der Waals surface area contributed by atoms with E-state index in [-0.39, 0.29) is 22.4 Å². The van der Waals surface area contributed by atoms with Crippen LogP contribution in [0.4, 0.5) is 0 Å². The minimum Gasteiger partial charge on any atom is -0.449 e. The van der Waals surface area contributed by atoms with Gasteiger partial charge in [0.15, 0.2) is 11.9 Å². The summed E-state index contributed by atoms with van der Waals surface area (Å²) in [6, 6.07) is 5.36. The van der Waals surface area contributed by atoms with Crippen LogP contribution in [0.15, 0.2) is 33.7 Å². The predicted molar refractivity (Wildman–Crippen MR) is 89.4 cm³/mol. The van der Waals surface area contributed by atoms with Crippen molar-refractivity contribution < 1.29 is 22.5 Å². The first-order valence-electron chi connectivity index (χ1n) is 7.86. The smallest absolute Gasteiger partial charge is 0.338 e. The first-order valence-corrected chi connectivity index (χ1v) is 9.34. The topological polar surface area (TPSA) is 111 Å². The lowest BCUT2D eigenvalue weighted by Gasteiger charge is -2.13. The standard InChI is InChI=1S/C16H21N3O5S/c1-5-10(2)19-25(21,22)14-8-6-13(7-9-14)16(20)23-11(3)15-17-12(4)18-24-15/h6-11,19H,5H2,1-4H3. The number of rotatable bonds is 7. The summed E-state index contributed by atoms with van der Waals surface area (Å²) >= 11 is 0. The van der Waals surface area contributed by atoms with E-state index in [2.05, 4.69) is 14.9 Å². The van der Waals surface area contributed by atoms with E-state index in [1.807, 2.05) is 6.92 Å². The van der Waals surface area contributed by atoms with Gasteiger partial charge in [-0.25, -0.2) is 17.9 Å². The number of ether oxygens (including phenoxy) is 1. The molecule has 0 amide bonds. The highest BCUT2D eigenvalue weighted by atomic mass is 32.2. The number of nitrogens with zero attached hydrogens (tertiary/aromatic N) is 2. The van der Waals surface area contributed by atoms with Crippen LogP contribution in [0, 0.1) is 6.92 Å². The maximum absolute atomic E-state index is 12.2. The van der Waals surface area contributed by atoms with E-state index in [4.69, 9.17) is 9.26 Å². The summed E-state index contributed by atoms with van der Waals surface area (Å²) in [5.41, 5.74) is 0.227. The molecule has 0 aliphatic heterocycles. The number of aromatic nitrogens is 2. The Kier molecular flexibility index (Phi) is 5.91. The molecule has 1 aromatic carbocycles. The average Bonchev–Trinajstić information content (AvgIpc) is 3.01. The van der Waals surface area contributed by atoms with Crippen LogP contribution in [0.1, 0.15) is 55.4 Å². The Bertz CT molecular complexity index is 830. The molecule has 0 radical (unpaired) electrons. The summed E-state index contributed by atoms with van der Waals surface area (Å²) < 4.78 is 37.1. The Morgan fingerprint density at radius 2 is 1.92 bits per heavy atom. The number of aryl methyl sites for hydroxylation is 1. The second-order valence-corrected chi connectivity index (χ2v) is 7.40. The van der Waals surface area contributed by atoms with Gasteiger partial charge in [-0.1, -0.05) is 12.1 Å². The Labute approximate surface area is 146 Å². The van der Waals surface area contributed by atoms with E-state index in [1.165, 1.54) is 24.3 Å².